The normalized spacial score (nSPS) is 11.1. The molecule has 2 aromatic rings. The van der Waals surface area contributed by atoms with Gasteiger partial charge in [0.2, 0.25) is 0 Å². The second-order valence-electron chi connectivity index (χ2n) is 2.75. The second kappa shape index (κ2) is 3.19. The van der Waals surface area contributed by atoms with Crippen LogP contribution in [0, 0.1) is 6.92 Å². The molecule has 0 fully saturated rings. The van der Waals surface area contributed by atoms with Crippen molar-refractivity contribution in [1.29, 1.82) is 0 Å². The van der Waals surface area contributed by atoms with Crippen molar-refractivity contribution in [3.8, 4) is 0 Å². The highest BCUT2D eigenvalue weighted by molar-refractivity contribution is 9.10. The van der Waals surface area contributed by atoms with Gasteiger partial charge in [0.15, 0.2) is 5.58 Å². The molecule has 1 nitrogen and oxygen atoms in total. The van der Waals surface area contributed by atoms with E-state index in [2.05, 4.69) is 15.9 Å². The van der Waals surface area contributed by atoms with E-state index in [4.69, 9.17) is 27.6 Å². The Morgan fingerprint density at radius 3 is 2.69 bits per heavy atom. The summed E-state index contributed by atoms with van der Waals surface area (Å²) in [6.45, 7) is 1.86. The molecule has 0 aliphatic carbocycles. The van der Waals surface area contributed by atoms with Crippen molar-refractivity contribution < 1.29 is 4.42 Å². The van der Waals surface area contributed by atoms with E-state index in [0.717, 1.165) is 15.6 Å². The smallest absolute Gasteiger partial charge is 0.154 e. The fourth-order valence-corrected chi connectivity index (χ4v) is 2.24. The molecule has 0 radical (unpaired) electrons. The molecule has 0 unspecified atom stereocenters. The maximum absolute atomic E-state index is 6.05. The Kier molecular flexibility index (Phi) is 2.30. The van der Waals surface area contributed by atoms with Crippen LogP contribution in [0.3, 0.4) is 0 Å². The summed E-state index contributed by atoms with van der Waals surface area (Å²) in [5.74, 6) is 0.803. The Morgan fingerprint density at radius 2 is 2.00 bits per heavy atom. The zero-order chi connectivity index (χ0) is 9.59. The van der Waals surface area contributed by atoms with Crippen molar-refractivity contribution in [3.63, 3.8) is 0 Å². The predicted molar refractivity (Wildman–Crippen MR) is 58.7 cm³/mol. The molecule has 1 heterocycles. The number of hydrogen-bond donors (Lipinski definition) is 0. The molecule has 1 aromatic heterocycles. The summed E-state index contributed by atoms with van der Waals surface area (Å²) in [7, 11) is 0. The topological polar surface area (TPSA) is 13.1 Å². The minimum absolute atomic E-state index is 0.569. The molecule has 0 N–H and O–H groups in total. The van der Waals surface area contributed by atoms with Gasteiger partial charge in [0.25, 0.3) is 0 Å². The molecule has 0 aliphatic heterocycles. The number of hydrogen-bond acceptors (Lipinski definition) is 1. The van der Waals surface area contributed by atoms with Gasteiger partial charge in [0, 0.05) is 9.86 Å². The fraction of sp³-hybridized carbons (Fsp3) is 0.111. The van der Waals surface area contributed by atoms with Crippen LogP contribution in [-0.4, -0.2) is 0 Å². The van der Waals surface area contributed by atoms with E-state index >= 15 is 0 Å². The van der Waals surface area contributed by atoms with E-state index in [1.807, 2.05) is 13.0 Å². The van der Waals surface area contributed by atoms with Crippen LogP contribution >= 0.6 is 39.1 Å². The molecule has 13 heavy (non-hydrogen) atoms. The Hall–Kier alpha value is -0.180. The Bertz CT molecular complexity index is 476. The van der Waals surface area contributed by atoms with E-state index < -0.39 is 0 Å². The van der Waals surface area contributed by atoms with Crippen LogP contribution in [-0.2, 0) is 0 Å². The largest absolute Gasteiger partial charge is 0.460 e. The summed E-state index contributed by atoms with van der Waals surface area (Å²) in [6, 6.07) is 3.60. The lowest BCUT2D eigenvalue weighted by atomic mass is 10.2. The predicted octanol–water partition coefficient (Wildman–Crippen LogP) is 4.81. The Labute approximate surface area is 93.7 Å². The van der Waals surface area contributed by atoms with Crippen molar-refractivity contribution >= 4 is 50.1 Å². The summed E-state index contributed by atoms with van der Waals surface area (Å²) in [6.07, 6.45) is 0. The van der Waals surface area contributed by atoms with Crippen LogP contribution in [0.25, 0.3) is 11.0 Å². The molecule has 1 aromatic carbocycles. The van der Waals surface area contributed by atoms with Crippen LogP contribution in [0.4, 0.5) is 0 Å². The molecular formula is C9H5BrCl2O. The third kappa shape index (κ3) is 1.47. The highest BCUT2D eigenvalue weighted by Crippen LogP contribution is 2.37. The quantitative estimate of drug-likeness (QED) is 0.631. The van der Waals surface area contributed by atoms with Gasteiger partial charge in [-0.2, -0.15) is 0 Å². The number of rotatable bonds is 0. The third-order valence-electron chi connectivity index (χ3n) is 1.77. The minimum Gasteiger partial charge on any atom is -0.460 e. The van der Waals surface area contributed by atoms with Gasteiger partial charge in [-0.1, -0.05) is 23.2 Å². The van der Waals surface area contributed by atoms with Crippen LogP contribution in [0.2, 0.25) is 10.0 Å². The maximum atomic E-state index is 6.05. The number of benzene rings is 1. The minimum atomic E-state index is 0.569. The SMILES string of the molecule is Cc1cc2c(Cl)c(Br)cc(Cl)c2o1. The lowest BCUT2D eigenvalue weighted by Crippen LogP contribution is -1.72. The first-order valence-electron chi connectivity index (χ1n) is 3.63. The number of aryl methyl sites for hydroxylation is 1. The van der Waals surface area contributed by atoms with Gasteiger partial charge in [0.1, 0.15) is 5.76 Å². The lowest BCUT2D eigenvalue weighted by Gasteiger charge is -1.98. The fourth-order valence-electron chi connectivity index (χ4n) is 1.22. The van der Waals surface area contributed by atoms with Gasteiger partial charge in [-0.05, 0) is 35.0 Å². The number of furan rings is 1. The van der Waals surface area contributed by atoms with E-state index in [1.54, 1.807) is 6.07 Å². The first-order chi connectivity index (χ1) is 6.09. The summed E-state index contributed by atoms with van der Waals surface area (Å²) in [5, 5.41) is 2.05. The molecule has 2 rings (SSSR count). The second-order valence-corrected chi connectivity index (χ2v) is 4.39. The van der Waals surface area contributed by atoms with Gasteiger partial charge in [-0.25, -0.2) is 0 Å². The molecule has 0 amide bonds. The molecule has 0 saturated carbocycles. The van der Waals surface area contributed by atoms with E-state index in [0.29, 0.717) is 15.6 Å². The summed E-state index contributed by atoms with van der Waals surface area (Å²) >= 11 is 15.3. The molecule has 68 valence electrons. The Balaban J connectivity index is 2.95. The van der Waals surface area contributed by atoms with Crippen molar-refractivity contribution in [2.24, 2.45) is 0 Å². The van der Waals surface area contributed by atoms with Gasteiger partial charge in [0.05, 0.1) is 10.0 Å². The van der Waals surface area contributed by atoms with Gasteiger partial charge >= 0.3 is 0 Å². The number of fused-ring (bicyclic) bond motifs is 1. The molecule has 4 heteroatoms. The van der Waals surface area contributed by atoms with E-state index in [9.17, 15) is 0 Å². The zero-order valence-corrected chi connectivity index (χ0v) is 9.79. The molecule has 0 spiro atoms. The molecule has 0 atom stereocenters. The average molecular weight is 280 g/mol. The molecule has 0 aliphatic rings. The Morgan fingerprint density at radius 1 is 1.31 bits per heavy atom. The van der Waals surface area contributed by atoms with Crippen molar-refractivity contribution in [3.05, 3.63) is 32.4 Å². The third-order valence-corrected chi connectivity index (χ3v) is 3.31. The highest BCUT2D eigenvalue weighted by atomic mass is 79.9. The van der Waals surface area contributed by atoms with E-state index in [1.165, 1.54) is 0 Å². The van der Waals surface area contributed by atoms with Crippen molar-refractivity contribution in [2.75, 3.05) is 0 Å². The van der Waals surface area contributed by atoms with Crippen molar-refractivity contribution in [1.82, 2.24) is 0 Å². The maximum Gasteiger partial charge on any atom is 0.154 e. The van der Waals surface area contributed by atoms with Gasteiger partial charge in [-0.15, -0.1) is 0 Å². The highest BCUT2D eigenvalue weighted by Gasteiger charge is 2.11. The van der Waals surface area contributed by atoms with Gasteiger partial charge in [-0.3, -0.25) is 0 Å². The summed E-state index contributed by atoms with van der Waals surface area (Å²) in [5.41, 5.74) is 0.646. The monoisotopic (exact) mass is 278 g/mol. The number of halogens is 3. The van der Waals surface area contributed by atoms with Gasteiger partial charge < -0.3 is 4.42 Å². The van der Waals surface area contributed by atoms with Crippen LogP contribution in [0.1, 0.15) is 5.76 Å². The summed E-state index contributed by atoms with van der Waals surface area (Å²) in [4.78, 5) is 0. The first kappa shape index (κ1) is 9.38. The molecule has 0 bridgehead atoms. The van der Waals surface area contributed by atoms with Crippen LogP contribution in [0.15, 0.2) is 21.0 Å². The average Bonchev–Trinajstić information content (AvgIpc) is 2.44. The molecular weight excluding hydrogens is 275 g/mol. The van der Waals surface area contributed by atoms with Crippen molar-refractivity contribution in [2.45, 2.75) is 6.92 Å². The van der Waals surface area contributed by atoms with E-state index in [-0.39, 0.29) is 0 Å². The first-order valence-corrected chi connectivity index (χ1v) is 5.18. The zero-order valence-electron chi connectivity index (χ0n) is 6.70. The van der Waals surface area contributed by atoms with Crippen LogP contribution < -0.4 is 0 Å². The van der Waals surface area contributed by atoms with Crippen LogP contribution in [0.5, 0.6) is 0 Å². The molecule has 0 saturated heterocycles. The standard InChI is InChI=1S/C9H5BrCl2O/c1-4-2-5-8(12)6(10)3-7(11)9(5)13-4/h2-3H,1H3. The lowest BCUT2D eigenvalue weighted by molar-refractivity contribution is 0.578. The summed E-state index contributed by atoms with van der Waals surface area (Å²) < 4.78 is 6.18.